The minimum absolute atomic E-state index is 0.0515. The van der Waals surface area contributed by atoms with E-state index in [2.05, 4.69) is 0 Å². The number of carbonyl (C=O) groups is 1. The number of nitro benzene ring substituents is 1. The molecule has 0 radical (unpaired) electrons. The van der Waals surface area contributed by atoms with Gasteiger partial charge < -0.3 is 14.5 Å². The molecule has 0 unspecified atom stereocenters. The highest BCUT2D eigenvalue weighted by molar-refractivity contribution is 5.78. The Labute approximate surface area is 123 Å². The van der Waals surface area contributed by atoms with Crippen LogP contribution >= 0.6 is 0 Å². The van der Waals surface area contributed by atoms with E-state index in [4.69, 9.17) is 4.74 Å². The second-order valence-electron chi connectivity index (χ2n) is 5.02. The number of rotatable bonds is 6. The molecular formula is C14H19N3O4. The molecule has 0 saturated carbocycles. The van der Waals surface area contributed by atoms with E-state index in [1.165, 1.54) is 13.2 Å². The third kappa shape index (κ3) is 3.42. The normalized spacial score (nSPS) is 14.4. The molecule has 2 rings (SSSR count). The Bertz CT molecular complexity index is 547. The Morgan fingerprint density at radius 2 is 2.24 bits per heavy atom. The van der Waals surface area contributed by atoms with E-state index in [0.717, 1.165) is 18.7 Å². The van der Waals surface area contributed by atoms with Crippen molar-refractivity contribution in [2.24, 2.45) is 0 Å². The fraction of sp³-hybridized carbons (Fsp3) is 0.500. The second kappa shape index (κ2) is 6.43. The van der Waals surface area contributed by atoms with Crippen molar-refractivity contribution in [3.8, 4) is 5.75 Å². The highest BCUT2D eigenvalue weighted by Gasteiger charge is 2.20. The number of ether oxygens (including phenoxy) is 1. The van der Waals surface area contributed by atoms with Gasteiger partial charge in [0.1, 0.15) is 0 Å². The number of nitrogens with zero attached hydrogens (tertiary/aromatic N) is 3. The second-order valence-corrected chi connectivity index (χ2v) is 5.02. The number of anilines is 1. The average Bonchev–Trinajstić information content (AvgIpc) is 2.89. The SMILES string of the molecule is COc1cc(N(C)CCN2CCCC2=O)ccc1[N+](=O)[O-]. The maximum absolute atomic E-state index is 11.6. The molecule has 0 atom stereocenters. The summed E-state index contributed by atoms with van der Waals surface area (Å²) >= 11 is 0. The molecule has 7 nitrogen and oxygen atoms in total. The van der Waals surface area contributed by atoms with Gasteiger partial charge in [-0.15, -0.1) is 0 Å². The summed E-state index contributed by atoms with van der Waals surface area (Å²) in [6, 6.07) is 4.77. The van der Waals surface area contributed by atoms with Gasteiger partial charge in [0, 0.05) is 50.9 Å². The van der Waals surface area contributed by atoms with Crippen LogP contribution < -0.4 is 9.64 Å². The highest BCUT2D eigenvalue weighted by atomic mass is 16.6. The van der Waals surface area contributed by atoms with E-state index < -0.39 is 4.92 Å². The molecule has 1 aliphatic rings. The summed E-state index contributed by atoms with van der Waals surface area (Å²) < 4.78 is 5.06. The van der Waals surface area contributed by atoms with Gasteiger partial charge >= 0.3 is 5.69 Å². The molecule has 0 aliphatic carbocycles. The Balaban J connectivity index is 2.03. The third-order valence-corrected chi connectivity index (χ3v) is 3.68. The van der Waals surface area contributed by atoms with Crippen LogP contribution in [0.3, 0.4) is 0 Å². The van der Waals surface area contributed by atoms with Gasteiger partial charge in [-0.1, -0.05) is 0 Å². The molecule has 1 aliphatic heterocycles. The Hall–Kier alpha value is -2.31. The molecule has 1 aromatic rings. The topological polar surface area (TPSA) is 75.9 Å². The number of methoxy groups -OCH3 is 1. The lowest BCUT2D eigenvalue weighted by molar-refractivity contribution is -0.385. The van der Waals surface area contributed by atoms with E-state index in [0.29, 0.717) is 19.5 Å². The number of likely N-dealkylation sites (tertiary alicyclic amines) is 1. The Kier molecular flexibility index (Phi) is 4.62. The summed E-state index contributed by atoms with van der Waals surface area (Å²) in [7, 11) is 3.30. The van der Waals surface area contributed by atoms with Crippen molar-refractivity contribution in [2.75, 3.05) is 38.7 Å². The van der Waals surface area contributed by atoms with Crippen molar-refractivity contribution in [1.29, 1.82) is 0 Å². The fourth-order valence-corrected chi connectivity index (χ4v) is 2.39. The minimum Gasteiger partial charge on any atom is -0.490 e. The quantitative estimate of drug-likeness (QED) is 0.589. The average molecular weight is 293 g/mol. The molecule has 21 heavy (non-hydrogen) atoms. The van der Waals surface area contributed by atoms with Crippen molar-refractivity contribution < 1.29 is 14.5 Å². The van der Waals surface area contributed by atoms with Crippen LogP contribution in [0.1, 0.15) is 12.8 Å². The molecule has 7 heteroatoms. The monoisotopic (exact) mass is 293 g/mol. The van der Waals surface area contributed by atoms with Gasteiger partial charge in [-0.3, -0.25) is 14.9 Å². The number of hydrogen-bond donors (Lipinski definition) is 0. The summed E-state index contributed by atoms with van der Waals surface area (Å²) in [4.78, 5) is 25.8. The first kappa shape index (κ1) is 15.1. The van der Waals surface area contributed by atoms with E-state index >= 15 is 0 Å². The van der Waals surface area contributed by atoms with E-state index in [1.54, 1.807) is 12.1 Å². The van der Waals surface area contributed by atoms with Gasteiger partial charge in [0.2, 0.25) is 5.91 Å². The van der Waals surface area contributed by atoms with Gasteiger partial charge in [0.05, 0.1) is 12.0 Å². The molecule has 1 aromatic carbocycles. The fourth-order valence-electron chi connectivity index (χ4n) is 2.39. The van der Waals surface area contributed by atoms with Crippen molar-refractivity contribution in [2.45, 2.75) is 12.8 Å². The molecule has 1 amide bonds. The summed E-state index contributed by atoms with van der Waals surface area (Å²) in [5.74, 6) is 0.436. The van der Waals surface area contributed by atoms with E-state index in [1.807, 2.05) is 16.8 Å². The molecule has 0 spiro atoms. The lowest BCUT2D eigenvalue weighted by Crippen LogP contribution is -2.33. The zero-order chi connectivity index (χ0) is 15.4. The maximum atomic E-state index is 11.6. The number of carbonyl (C=O) groups excluding carboxylic acids is 1. The van der Waals surface area contributed by atoms with Crippen molar-refractivity contribution in [3.63, 3.8) is 0 Å². The molecular weight excluding hydrogens is 274 g/mol. The first-order chi connectivity index (χ1) is 10.0. The summed E-state index contributed by atoms with van der Waals surface area (Å²) in [6.45, 7) is 2.15. The van der Waals surface area contributed by atoms with Crippen molar-refractivity contribution in [1.82, 2.24) is 4.90 Å². The maximum Gasteiger partial charge on any atom is 0.311 e. The van der Waals surface area contributed by atoms with Gasteiger partial charge in [-0.25, -0.2) is 0 Å². The summed E-state index contributed by atoms with van der Waals surface area (Å²) in [6.07, 6.45) is 1.56. The van der Waals surface area contributed by atoms with Crippen LogP contribution in [0, 0.1) is 10.1 Å². The van der Waals surface area contributed by atoms with E-state index in [-0.39, 0.29) is 17.3 Å². The number of likely N-dealkylation sites (N-methyl/N-ethyl adjacent to an activating group) is 1. The lowest BCUT2D eigenvalue weighted by Gasteiger charge is -2.23. The molecule has 1 heterocycles. The summed E-state index contributed by atoms with van der Waals surface area (Å²) in [5, 5.41) is 10.9. The Morgan fingerprint density at radius 1 is 1.48 bits per heavy atom. The van der Waals surface area contributed by atoms with Crippen LogP contribution in [-0.4, -0.2) is 49.5 Å². The number of nitro groups is 1. The predicted molar refractivity (Wildman–Crippen MR) is 78.7 cm³/mol. The first-order valence-corrected chi connectivity index (χ1v) is 6.84. The van der Waals surface area contributed by atoms with Crippen LogP contribution in [0.25, 0.3) is 0 Å². The number of hydrogen-bond acceptors (Lipinski definition) is 5. The zero-order valence-corrected chi connectivity index (χ0v) is 12.2. The van der Waals surface area contributed by atoms with Crippen LogP contribution in [0.4, 0.5) is 11.4 Å². The first-order valence-electron chi connectivity index (χ1n) is 6.84. The Morgan fingerprint density at radius 3 is 2.81 bits per heavy atom. The van der Waals surface area contributed by atoms with Crippen LogP contribution in [0.5, 0.6) is 5.75 Å². The molecule has 1 fully saturated rings. The minimum atomic E-state index is -0.467. The van der Waals surface area contributed by atoms with Crippen molar-refractivity contribution in [3.05, 3.63) is 28.3 Å². The van der Waals surface area contributed by atoms with Gasteiger partial charge in [-0.05, 0) is 12.5 Å². The van der Waals surface area contributed by atoms with Gasteiger partial charge in [0.15, 0.2) is 5.75 Å². The van der Waals surface area contributed by atoms with Gasteiger partial charge in [-0.2, -0.15) is 0 Å². The smallest absolute Gasteiger partial charge is 0.311 e. The molecule has 0 bridgehead atoms. The highest BCUT2D eigenvalue weighted by Crippen LogP contribution is 2.30. The standard InChI is InChI=1S/C14H19N3O4/c1-15(8-9-16-7-3-4-14(16)18)11-5-6-12(17(19)20)13(10-11)21-2/h5-6,10H,3-4,7-9H2,1-2H3. The summed E-state index contributed by atoms with van der Waals surface area (Å²) in [5.41, 5.74) is 0.772. The lowest BCUT2D eigenvalue weighted by atomic mass is 10.2. The zero-order valence-electron chi connectivity index (χ0n) is 12.2. The molecule has 114 valence electrons. The number of amides is 1. The molecule has 0 N–H and O–H groups in total. The van der Waals surface area contributed by atoms with E-state index in [9.17, 15) is 14.9 Å². The number of benzene rings is 1. The third-order valence-electron chi connectivity index (χ3n) is 3.68. The van der Waals surface area contributed by atoms with Gasteiger partial charge in [0.25, 0.3) is 0 Å². The van der Waals surface area contributed by atoms with Crippen molar-refractivity contribution >= 4 is 17.3 Å². The molecule has 1 saturated heterocycles. The largest absolute Gasteiger partial charge is 0.490 e. The predicted octanol–water partition coefficient (Wildman–Crippen LogP) is 1.66. The van der Waals surface area contributed by atoms with Crippen LogP contribution in [0.15, 0.2) is 18.2 Å². The molecule has 0 aromatic heterocycles. The van der Waals surface area contributed by atoms with Crippen LogP contribution in [-0.2, 0) is 4.79 Å². The van der Waals surface area contributed by atoms with Crippen LogP contribution in [0.2, 0.25) is 0 Å².